The van der Waals surface area contributed by atoms with Crippen LogP contribution in [0.25, 0.3) is 0 Å². The summed E-state index contributed by atoms with van der Waals surface area (Å²) in [4.78, 5) is 27.2. The molecule has 32 heavy (non-hydrogen) atoms. The van der Waals surface area contributed by atoms with Crippen molar-refractivity contribution in [1.29, 1.82) is 0 Å². The van der Waals surface area contributed by atoms with E-state index in [1.165, 1.54) is 4.90 Å². The number of carbonyl (C=O) groups excluding carboxylic acids is 2. The Labute approximate surface area is 188 Å². The van der Waals surface area contributed by atoms with Crippen molar-refractivity contribution in [1.82, 2.24) is 10.2 Å². The van der Waals surface area contributed by atoms with Gasteiger partial charge in [-0.3, -0.25) is 10.1 Å². The molecular weight excluding hydrogens is 414 g/mol. The van der Waals surface area contributed by atoms with Crippen molar-refractivity contribution in [3.63, 3.8) is 0 Å². The van der Waals surface area contributed by atoms with E-state index in [4.69, 9.17) is 18.9 Å². The number of rotatable bonds is 4. The van der Waals surface area contributed by atoms with Crippen molar-refractivity contribution in [2.45, 2.75) is 76.2 Å². The van der Waals surface area contributed by atoms with E-state index in [1.54, 1.807) is 7.05 Å². The van der Waals surface area contributed by atoms with Crippen molar-refractivity contribution >= 4 is 17.7 Å². The Balaban J connectivity index is 1.47. The SMILES string of the molecule is CC(C1OC1NC1C(=O)Nc2ccccc2OC12CCOCC2)N(C)C(=O)OC(C)(C)C. The summed E-state index contributed by atoms with van der Waals surface area (Å²) >= 11 is 0. The second-order valence-electron chi connectivity index (χ2n) is 9.72. The molecule has 0 aromatic heterocycles. The van der Waals surface area contributed by atoms with Gasteiger partial charge in [0.25, 0.3) is 0 Å². The third-order valence-electron chi connectivity index (χ3n) is 6.21. The summed E-state index contributed by atoms with van der Waals surface area (Å²) < 4.78 is 23.3. The third kappa shape index (κ3) is 4.69. The number of nitrogens with zero attached hydrogens (tertiary/aromatic N) is 1. The van der Waals surface area contributed by atoms with Crippen LogP contribution in [0.1, 0.15) is 40.5 Å². The molecule has 176 valence electrons. The monoisotopic (exact) mass is 447 g/mol. The molecule has 9 heteroatoms. The maximum Gasteiger partial charge on any atom is 0.410 e. The maximum atomic E-state index is 13.3. The van der Waals surface area contributed by atoms with Gasteiger partial charge in [-0.15, -0.1) is 0 Å². The standard InChI is InChI=1S/C23H33N3O6/c1-14(26(5)21(28)32-22(2,3)4)17-20(30-17)25-18-19(27)24-15-8-6-7-9-16(15)31-23(18)10-12-29-13-11-23/h6-9,14,17-18,20,25H,10-13H2,1-5H3,(H,24,27). The Bertz CT molecular complexity index is 864. The van der Waals surface area contributed by atoms with Crippen LogP contribution in [0.4, 0.5) is 10.5 Å². The maximum absolute atomic E-state index is 13.3. The number of hydrogen-bond donors (Lipinski definition) is 2. The number of hydrogen-bond acceptors (Lipinski definition) is 7. The van der Waals surface area contributed by atoms with Gasteiger partial charge in [0.05, 0.1) is 24.9 Å². The van der Waals surface area contributed by atoms with Gasteiger partial charge >= 0.3 is 6.09 Å². The van der Waals surface area contributed by atoms with Crippen LogP contribution in [0.3, 0.4) is 0 Å². The minimum Gasteiger partial charge on any atom is -0.483 e. The number of carbonyl (C=O) groups is 2. The molecule has 0 bridgehead atoms. The number of amides is 2. The van der Waals surface area contributed by atoms with E-state index < -0.39 is 23.3 Å². The highest BCUT2D eigenvalue weighted by Gasteiger charge is 2.54. The number of epoxide rings is 1. The summed E-state index contributed by atoms with van der Waals surface area (Å²) in [6, 6.07) is 6.58. The van der Waals surface area contributed by atoms with Gasteiger partial charge in [-0.2, -0.15) is 0 Å². The minimum absolute atomic E-state index is 0.167. The highest BCUT2D eigenvalue weighted by Crippen LogP contribution is 2.39. The first-order valence-corrected chi connectivity index (χ1v) is 11.1. The topological polar surface area (TPSA) is 102 Å². The van der Waals surface area contributed by atoms with Gasteiger partial charge in [-0.05, 0) is 39.8 Å². The molecule has 2 saturated heterocycles. The molecule has 1 aromatic rings. The molecule has 3 aliphatic rings. The summed E-state index contributed by atoms with van der Waals surface area (Å²) in [5, 5.41) is 6.34. The number of likely N-dealkylation sites (N-methyl/N-ethyl adjacent to an activating group) is 1. The molecule has 4 rings (SSSR count). The fourth-order valence-electron chi connectivity index (χ4n) is 4.23. The molecule has 2 N–H and O–H groups in total. The fraction of sp³-hybridized carbons (Fsp3) is 0.652. The number of nitrogens with one attached hydrogen (secondary N) is 2. The first-order chi connectivity index (χ1) is 15.1. The van der Waals surface area contributed by atoms with Crippen LogP contribution in [0, 0.1) is 0 Å². The van der Waals surface area contributed by atoms with Crippen molar-refractivity contribution < 1.29 is 28.5 Å². The van der Waals surface area contributed by atoms with Crippen LogP contribution < -0.4 is 15.4 Å². The number of fused-ring (bicyclic) bond motifs is 1. The zero-order chi connectivity index (χ0) is 23.1. The lowest BCUT2D eigenvalue weighted by Gasteiger charge is -2.41. The zero-order valence-electron chi connectivity index (χ0n) is 19.3. The van der Waals surface area contributed by atoms with Crippen molar-refractivity contribution in [2.75, 3.05) is 25.6 Å². The third-order valence-corrected chi connectivity index (χ3v) is 6.21. The van der Waals surface area contributed by atoms with Gasteiger partial charge in [0.15, 0.2) is 0 Å². The molecule has 9 nitrogen and oxygen atoms in total. The van der Waals surface area contributed by atoms with Crippen LogP contribution in [0.5, 0.6) is 5.75 Å². The molecule has 0 saturated carbocycles. The lowest BCUT2D eigenvalue weighted by atomic mass is 9.85. The summed E-state index contributed by atoms with van der Waals surface area (Å²) in [5.41, 5.74) is -0.669. The van der Waals surface area contributed by atoms with Crippen molar-refractivity contribution in [3.05, 3.63) is 24.3 Å². The Morgan fingerprint density at radius 1 is 1.28 bits per heavy atom. The van der Waals surface area contributed by atoms with Crippen molar-refractivity contribution in [2.24, 2.45) is 0 Å². The fourth-order valence-corrected chi connectivity index (χ4v) is 4.23. The molecule has 1 spiro atoms. The molecule has 4 unspecified atom stereocenters. The molecule has 0 aliphatic carbocycles. The average Bonchev–Trinajstić information content (AvgIpc) is 3.51. The first kappa shape index (κ1) is 22.8. The Hall–Kier alpha value is -2.36. The smallest absolute Gasteiger partial charge is 0.410 e. The predicted molar refractivity (Wildman–Crippen MR) is 118 cm³/mol. The van der Waals surface area contributed by atoms with E-state index in [9.17, 15) is 9.59 Å². The molecule has 2 fully saturated rings. The quantitative estimate of drug-likeness (QED) is 0.684. The van der Waals surface area contributed by atoms with Gasteiger partial charge in [-0.25, -0.2) is 4.79 Å². The molecule has 2 amide bonds. The predicted octanol–water partition coefficient (Wildman–Crippen LogP) is 2.51. The summed E-state index contributed by atoms with van der Waals surface area (Å²) in [5.74, 6) is 0.484. The molecule has 1 aromatic carbocycles. The van der Waals surface area contributed by atoms with E-state index in [-0.39, 0.29) is 24.3 Å². The molecule has 3 aliphatic heterocycles. The number of para-hydroxylation sites is 2. The lowest BCUT2D eigenvalue weighted by molar-refractivity contribution is -0.128. The largest absolute Gasteiger partial charge is 0.483 e. The highest BCUT2D eigenvalue weighted by atomic mass is 16.6. The van der Waals surface area contributed by atoms with Gasteiger partial charge in [0.2, 0.25) is 5.91 Å². The average molecular weight is 448 g/mol. The van der Waals surface area contributed by atoms with E-state index in [0.717, 1.165) is 0 Å². The normalized spacial score (nSPS) is 27.4. The van der Waals surface area contributed by atoms with Crippen molar-refractivity contribution in [3.8, 4) is 5.75 Å². The number of benzene rings is 1. The van der Waals surface area contributed by atoms with Crippen LogP contribution >= 0.6 is 0 Å². The molecular formula is C23H33N3O6. The summed E-state index contributed by atoms with van der Waals surface area (Å²) in [7, 11) is 1.69. The van der Waals surface area contributed by atoms with Gasteiger partial charge in [0.1, 0.15) is 35.3 Å². The Morgan fingerprint density at radius 3 is 2.66 bits per heavy atom. The van der Waals surface area contributed by atoms with E-state index in [2.05, 4.69) is 10.6 Å². The van der Waals surface area contributed by atoms with E-state index in [0.29, 0.717) is 37.5 Å². The molecule has 4 atom stereocenters. The second kappa shape index (κ2) is 8.53. The lowest BCUT2D eigenvalue weighted by Crippen LogP contribution is -2.62. The van der Waals surface area contributed by atoms with Gasteiger partial charge in [0, 0.05) is 19.9 Å². The summed E-state index contributed by atoms with van der Waals surface area (Å²) in [6.45, 7) is 8.42. The van der Waals surface area contributed by atoms with Gasteiger partial charge < -0.3 is 29.2 Å². The highest BCUT2D eigenvalue weighted by molar-refractivity contribution is 5.98. The molecule has 0 radical (unpaired) electrons. The van der Waals surface area contributed by atoms with Gasteiger partial charge in [-0.1, -0.05) is 12.1 Å². The second-order valence-corrected chi connectivity index (χ2v) is 9.72. The Morgan fingerprint density at radius 2 is 1.97 bits per heavy atom. The minimum atomic E-state index is -0.744. The zero-order valence-corrected chi connectivity index (χ0v) is 19.3. The number of anilines is 1. The van der Waals surface area contributed by atoms with Crippen LogP contribution in [-0.4, -0.2) is 72.8 Å². The van der Waals surface area contributed by atoms with Crippen LogP contribution in [-0.2, 0) is 19.0 Å². The van der Waals surface area contributed by atoms with Crippen LogP contribution in [0.2, 0.25) is 0 Å². The summed E-state index contributed by atoms with van der Waals surface area (Å²) in [6.07, 6.45) is 0.109. The molecule has 3 heterocycles. The first-order valence-electron chi connectivity index (χ1n) is 11.1. The van der Waals surface area contributed by atoms with E-state index >= 15 is 0 Å². The Kier molecular flexibility index (Phi) is 6.08. The van der Waals surface area contributed by atoms with E-state index in [1.807, 2.05) is 52.0 Å². The number of ether oxygens (including phenoxy) is 4. The van der Waals surface area contributed by atoms with Crippen LogP contribution in [0.15, 0.2) is 24.3 Å².